The molecule has 12 heteroatoms. The minimum atomic E-state index is -4.70. The molecule has 4 aromatic heterocycles. The van der Waals surface area contributed by atoms with Crippen molar-refractivity contribution in [2.24, 2.45) is 0 Å². The first kappa shape index (κ1) is 22.3. The average Bonchev–Trinajstić information content (AvgIpc) is 3.43. The number of amides is 1. The van der Waals surface area contributed by atoms with Crippen LogP contribution in [0.5, 0.6) is 0 Å². The van der Waals surface area contributed by atoms with Crippen molar-refractivity contribution in [3.05, 3.63) is 57.4 Å². The van der Waals surface area contributed by atoms with Gasteiger partial charge in [0.2, 0.25) is 0 Å². The zero-order valence-electron chi connectivity index (χ0n) is 17.2. The van der Waals surface area contributed by atoms with E-state index in [1.807, 2.05) is 13.8 Å². The maximum absolute atomic E-state index is 13.7. The molecule has 4 aromatic rings. The Kier molecular flexibility index (Phi) is 5.72. The number of aromatic nitrogens is 5. The zero-order valence-corrected chi connectivity index (χ0v) is 18.8. The molecule has 0 spiro atoms. The maximum atomic E-state index is 13.7. The first-order valence-corrected chi connectivity index (χ1v) is 10.8. The molecular weight excluding hydrogens is 465 g/mol. The molecule has 0 bridgehead atoms. The standard InChI is InChI=1S/C20H18ClF3N6OS/c1-4-29-11(3)12(9-25-29)10(2)26-19(31)14-8-18-27-13(15-5-6-17(21)32-15)7-16(20(22,23)24)30(18)28-14/h5-10H,4H2,1-3H3,(H,26,31)/t10-/m0/s1. The molecule has 0 radical (unpaired) electrons. The second-order valence-corrected chi connectivity index (χ2v) is 8.84. The SMILES string of the molecule is CCn1ncc([C@H](C)NC(=O)c2cc3nc(-c4ccc(Cl)s4)cc(C(F)(F)F)n3n2)c1C. The number of hydrogen-bond acceptors (Lipinski definition) is 5. The highest BCUT2D eigenvalue weighted by Gasteiger charge is 2.36. The van der Waals surface area contributed by atoms with Gasteiger partial charge in [-0.25, -0.2) is 9.50 Å². The van der Waals surface area contributed by atoms with Gasteiger partial charge in [0, 0.05) is 23.9 Å². The third-order valence-electron chi connectivity index (χ3n) is 5.03. The summed E-state index contributed by atoms with van der Waals surface area (Å²) in [4.78, 5) is 17.5. The van der Waals surface area contributed by atoms with Crippen LogP contribution in [0.2, 0.25) is 4.34 Å². The molecule has 4 heterocycles. The molecule has 7 nitrogen and oxygen atoms in total. The number of hydrogen-bond donors (Lipinski definition) is 1. The zero-order chi connectivity index (χ0) is 23.2. The minimum absolute atomic E-state index is 0.0906. The van der Waals surface area contributed by atoms with Gasteiger partial charge in [0.15, 0.2) is 17.0 Å². The van der Waals surface area contributed by atoms with Gasteiger partial charge in [-0.15, -0.1) is 11.3 Å². The van der Waals surface area contributed by atoms with Crippen LogP contribution in [0.15, 0.2) is 30.5 Å². The van der Waals surface area contributed by atoms with Crippen molar-refractivity contribution in [1.82, 2.24) is 29.7 Å². The molecule has 0 saturated heterocycles. The fraction of sp³-hybridized carbons (Fsp3) is 0.300. The molecule has 0 aliphatic rings. The second-order valence-electron chi connectivity index (χ2n) is 7.12. The molecule has 4 rings (SSSR count). The van der Waals surface area contributed by atoms with E-state index in [1.54, 1.807) is 29.9 Å². The third-order valence-corrected chi connectivity index (χ3v) is 6.28. The first-order valence-electron chi connectivity index (χ1n) is 9.65. The fourth-order valence-electron chi connectivity index (χ4n) is 3.42. The minimum Gasteiger partial charge on any atom is -0.344 e. The van der Waals surface area contributed by atoms with E-state index < -0.39 is 23.8 Å². The second kappa shape index (κ2) is 8.21. The van der Waals surface area contributed by atoms with Crippen molar-refractivity contribution < 1.29 is 18.0 Å². The maximum Gasteiger partial charge on any atom is 0.433 e. The van der Waals surface area contributed by atoms with Crippen LogP contribution in [0.4, 0.5) is 13.2 Å². The summed E-state index contributed by atoms with van der Waals surface area (Å²) >= 11 is 7.03. The highest BCUT2D eigenvalue weighted by Crippen LogP contribution is 2.35. The highest BCUT2D eigenvalue weighted by atomic mass is 35.5. The lowest BCUT2D eigenvalue weighted by molar-refractivity contribution is -0.142. The quantitative estimate of drug-likeness (QED) is 0.427. The number of rotatable bonds is 5. The molecular formula is C20H18ClF3N6OS. The van der Waals surface area contributed by atoms with Crippen molar-refractivity contribution in [3.63, 3.8) is 0 Å². The van der Waals surface area contributed by atoms with Crippen LogP contribution in [0.3, 0.4) is 0 Å². The Morgan fingerprint density at radius 2 is 2.06 bits per heavy atom. The van der Waals surface area contributed by atoms with Gasteiger partial charge in [-0.1, -0.05) is 11.6 Å². The van der Waals surface area contributed by atoms with Gasteiger partial charge in [0.25, 0.3) is 5.91 Å². The van der Waals surface area contributed by atoms with Gasteiger partial charge in [-0.05, 0) is 39.0 Å². The summed E-state index contributed by atoms with van der Waals surface area (Å²) in [6, 6.07) is 4.90. The molecule has 1 amide bonds. The topological polar surface area (TPSA) is 77.1 Å². The summed E-state index contributed by atoms with van der Waals surface area (Å²) in [5.74, 6) is -0.611. The molecule has 0 saturated carbocycles. The molecule has 0 fully saturated rings. The summed E-state index contributed by atoms with van der Waals surface area (Å²) < 4.78 is 44.0. The van der Waals surface area contributed by atoms with Gasteiger partial charge in [0.1, 0.15) is 0 Å². The molecule has 1 N–H and O–H groups in total. The summed E-state index contributed by atoms with van der Waals surface area (Å²) in [6.07, 6.45) is -3.04. The number of alkyl halides is 3. The molecule has 1 atom stereocenters. The van der Waals surface area contributed by atoms with E-state index in [0.717, 1.165) is 28.7 Å². The largest absolute Gasteiger partial charge is 0.433 e. The van der Waals surface area contributed by atoms with Gasteiger partial charge < -0.3 is 5.32 Å². The number of carbonyl (C=O) groups excluding carboxylic acids is 1. The van der Waals surface area contributed by atoms with E-state index >= 15 is 0 Å². The Hall–Kier alpha value is -2.92. The number of nitrogens with zero attached hydrogens (tertiary/aromatic N) is 5. The van der Waals surface area contributed by atoms with E-state index in [9.17, 15) is 18.0 Å². The van der Waals surface area contributed by atoms with E-state index in [1.165, 1.54) is 6.07 Å². The lowest BCUT2D eigenvalue weighted by Gasteiger charge is -2.13. The monoisotopic (exact) mass is 482 g/mol. The number of thiophene rings is 1. The Labute approximate surface area is 189 Å². The van der Waals surface area contributed by atoms with Crippen molar-refractivity contribution in [1.29, 1.82) is 0 Å². The number of carbonyl (C=O) groups is 1. The van der Waals surface area contributed by atoms with E-state index in [4.69, 9.17) is 11.6 Å². The van der Waals surface area contributed by atoms with Crippen LogP contribution in [-0.2, 0) is 12.7 Å². The van der Waals surface area contributed by atoms with Gasteiger partial charge in [-0.2, -0.15) is 23.4 Å². The van der Waals surface area contributed by atoms with E-state index in [2.05, 4.69) is 20.5 Å². The summed E-state index contributed by atoms with van der Waals surface area (Å²) in [7, 11) is 0. The number of fused-ring (bicyclic) bond motifs is 1. The Morgan fingerprint density at radius 1 is 1.31 bits per heavy atom. The van der Waals surface area contributed by atoms with Gasteiger partial charge in [-0.3, -0.25) is 9.48 Å². The predicted octanol–water partition coefficient (Wildman–Crippen LogP) is 5.15. The molecule has 0 aromatic carbocycles. The molecule has 0 aliphatic carbocycles. The van der Waals surface area contributed by atoms with Crippen molar-refractivity contribution >= 4 is 34.5 Å². The first-order chi connectivity index (χ1) is 15.1. The molecule has 0 aliphatic heterocycles. The smallest absolute Gasteiger partial charge is 0.344 e. The van der Waals surface area contributed by atoms with Crippen LogP contribution in [0.25, 0.3) is 16.2 Å². The highest BCUT2D eigenvalue weighted by molar-refractivity contribution is 7.19. The van der Waals surface area contributed by atoms with Gasteiger partial charge >= 0.3 is 6.18 Å². The van der Waals surface area contributed by atoms with Crippen LogP contribution < -0.4 is 5.32 Å². The summed E-state index contributed by atoms with van der Waals surface area (Å²) in [5, 5.41) is 10.9. The predicted molar refractivity (Wildman–Crippen MR) is 115 cm³/mol. The molecule has 0 unspecified atom stereocenters. The van der Waals surface area contributed by atoms with Crippen molar-refractivity contribution in [2.75, 3.05) is 0 Å². The fourth-order valence-corrected chi connectivity index (χ4v) is 4.42. The lowest BCUT2D eigenvalue weighted by Crippen LogP contribution is -2.27. The Balaban J connectivity index is 1.70. The number of halogens is 4. The summed E-state index contributed by atoms with van der Waals surface area (Å²) in [6.45, 7) is 6.29. The van der Waals surface area contributed by atoms with Crippen LogP contribution in [-0.4, -0.2) is 30.3 Å². The molecule has 168 valence electrons. The van der Waals surface area contributed by atoms with Crippen LogP contribution in [0, 0.1) is 6.92 Å². The van der Waals surface area contributed by atoms with Crippen LogP contribution in [0.1, 0.15) is 47.3 Å². The number of nitrogens with one attached hydrogen (secondary N) is 1. The van der Waals surface area contributed by atoms with Gasteiger partial charge in [0.05, 0.1) is 27.1 Å². The van der Waals surface area contributed by atoms with Crippen molar-refractivity contribution in [3.8, 4) is 10.6 Å². The van der Waals surface area contributed by atoms with E-state index in [-0.39, 0.29) is 17.0 Å². The van der Waals surface area contributed by atoms with Crippen molar-refractivity contribution in [2.45, 2.75) is 39.5 Å². The molecule has 32 heavy (non-hydrogen) atoms. The lowest BCUT2D eigenvalue weighted by atomic mass is 10.1. The third kappa shape index (κ3) is 4.09. The Morgan fingerprint density at radius 3 is 2.66 bits per heavy atom. The average molecular weight is 483 g/mol. The Bertz CT molecular complexity index is 1310. The van der Waals surface area contributed by atoms with E-state index in [0.29, 0.717) is 20.3 Å². The number of aryl methyl sites for hydroxylation is 1. The summed E-state index contributed by atoms with van der Waals surface area (Å²) in [5.41, 5.74) is 0.521. The normalized spacial score (nSPS) is 13.0. The van der Waals surface area contributed by atoms with Crippen LogP contribution >= 0.6 is 22.9 Å².